The fourth-order valence-electron chi connectivity index (χ4n) is 2.90. The van der Waals surface area contributed by atoms with E-state index in [9.17, 15) is 4.79 Å². The summed E-state index contributed by atoms with van der Waals surface area (Å²) in [7, 11) is 1.57. The second-order valence-electron chi connectivity index (χ2n) is 5.69. The smallest absolute Gasteiger partial charge is 0.221 e. The van der Waals surface area contributed by atoms with Gasteiger partial charge in [-0.15, -0.1) is 0 Å². The van der Waals surface area contributed by atoms with Gasteiger partial charge in [0.1, 0.15) is 5.82 Å². The number of ether oxygens (including phenoxy) is 1. The number of pyridine rings is 1. The van der Waals surface area contributed by atoms with E-state index in [1.165, 1.54) is 6.08 Å². The second kappa shape index (κ2) is 5.94. The normalized spacial score (nSPS) is 11.6. The van der Waals surface area contributed by atoms with Crippen molar-refractivity contribution in [3.05, 3.63) is 72.0 Å². The van der Waals surface area contributed by atoms with Gasteiger partial charge in [0.2, 0.25) is 5.78 Å². The van der Waals surface area contributed by atoms with Crippen LogP contribution in [0.15, 0.2) is 59.2 Å². The van der Waals surface area contributed by atoms with Gasteiger partial charge in [0.15, 0.2) is 17.1 Å². The molecular weight excluding hydrogens is 316 g/mol. The number of fused-ring (bicyclic) bond motifs is 2. The third-order valence-electron chi connectivity index (χ3n) is 4.12. The van der Waals surface area contributed by atoms with Crippen molar-refractivity contribution >= 4 is 28.3 Å². The molecule has 5 heteroatoms. The highest BCUT2D eigenvalue weighted by molar-refractivity contribution is 6.07. The molecule has 0 fully saturated rings. The summed E-state index contributed by atoms with van der Waals surface area (Å²) in [4.78, 5) is 17.0. The fourth-order valence-corrected chi connectivity index (χ4v) is 2.90. The summed E-state index contributed by atoms with van der Waals surface area (Å²) < 4.78 is 12.9. The third kappa shape index (κ3) is 2.59. The number of aromatic nitrogens is 2. The molecular formula is C20H16N2O3. The SMILES string of the molecule is COc1cccc2cc(C(=O)/C=C/c3nc(C)n4ccccc34)oc12. The zero-order valence-electron chi connectivity index (χ0n) is 13.9. The van der Waals surface area contributed by atoms with Crippen molar-refractivity contribution in [1.82, 2.24) is 9.38 Å². The number of rotatable bonds is 4. The van der Waals surface area contributed by atoms with Crippen LogP contribution in [0.5, 0.6) is 5.75 Å². The molecule has 3 aromatic heterocycles. The molecule has 1 aromatic carbocycles. The Morgan fingerprint density at radius 1 is 1.24 bits per heavy atom. The minimum Gasteiger partial charge on any atom is -0.493 e. The summed E-state index contributed by atoms with van der Waals surface area (Å²) >= 11 is 0. The Balaban J connectivity index is 1.68. The van der Waals surface area contributed by atoms with Crippen molar-refractivity contribution < 1.29 is 13.9 Å². The summed E-state index contributed by atoms with van der Waals surface area (Å²) in [5.74, 6) is 1.54. The van der Waals surface area contributed by atoms with Gasteiger partial charge < -0.3 is 13.6 Å². The van der Waals surface area contributed by atoms with Crippen molar-refractivity contribution in [2.75, 3.05) is 7.11 Å². The summed E-state index contributed by atoms with van der Waals surface area (Å²) in [6.07, 6.45) is 5.15. The van der Waals surface area contributed by atoms with Crippen LogP contribution in [0.1, 0.15) is 22.1 Å². The van der Waals surface area contributed by atoms with Gasteiger partial charge >= 0.3 is 0 Å². The first-order valence-corrected chi connectivity index (χ1v) is 7.90. The number of ketones is 1. The molecule has 3 heterocycles. The highest BCUT2D eigenvalue weighted by Gasteiger charge is 2.13. The molecule has 0 saturated heterocycles. The molecule has 0 radical (unpaired) electrons. The lowest BCUT2D eigenvalue weighted by molar-refractivity contribution is 0.102. The molecule has 5 nitrogen and oxygen atoms in total. The molecule has 0 spiro atoms. The Labute approximate surface area is 144 Å². The number of hydrogen-bond donors (Lipinski definition) is 0. The van der Waals surface area contributed by atoms with E-state index in [-0.39, 0.29) is 11.5 Å². The molecule has 0 amide bonds. The van der Waals surface area contributed by atoms with E-state index in [2.05, 4.69) is 4.98 Å². The van der Waals surface area contributed by atoms with Gasteiger partial charge in [-0.25, -0.2) is 4.98 Å². The lowest BCUT2D eigenvalue weighted by Gasteiger charge is -1.98. The largest absolute Gasteiger partial charge is 0.493 e. The minimum absolute atomic E-state index is 0.215. The topological polar surface area (TPSA) is 56.7 Å². The zero-order valence-corrected chi connectivity index (χ0v) is 13.9. The molecule has 0 aliphatic rings. The third-order valence-corrected chi connectivity index (χ3v) is 4.12. The van der Waals surface area contributed by atoms with Crippen molar-refractivity contribution in [3.8, 4) is 5.75 Å². The summed E-state index contributed by atoms with van der Waals surface area (Å²) in [6, 6.07) is 13.1. The summed E-state index contributed by atoms with van der Waals surface area (Å²) in [6.45, 7) is 1.93. The highest BCUT2D eigenvalue weighted by atomic mass is 16.5. The summed E-state index contributed by atoms with van der Waals surface area (Å²) in [5, 5.41) is 0.833. The van der Waals surface area contributed by atoms with Crippen LogP contribution in [-0.4, -0.2) is 22.3 Å². The number of methoxy groups -OCH3 is 1. The average Bonchev–Trinajstić information content (AvgIpc) is 3.21. The molecule has 0 aliphatic carbocycles. The Bertz CT molecular complexity index is 1120. The first-order valence-electron chi connectivity index (χ1n) is 7.90. The van der Waals surface area contributed by atoms with Crippen molar-refractivity contribution in [1.29, 1.82) is 0 Å². The van der Waals surface area contributed by atoms with Gasteiger partial charge in [-0.1, -0.05) is 18.2 Å². The maximum Gasteiger partial charge on any atom is 0.221 e. The number of nitrogens with zero attached hydrogens (tertiary/aromatic N) is 2. The fraction of sp³-hybridized carbons (Fsp3) is 0.100. The molecule has 0 atom stereocenters. The van der Waals surface area contributed by atoms with Crippen LogP contribution >= 0.6 is 0 Å². The number of para-hydroxylation sites is 1. The zero-order chi connectivity index (χ0) is 17.4. The van der Waals surface area contributed by atoms with E-state index in [0.717, 1.165) is 22.4 Å². The Morgan fingerprint density at radius 2 is 2.12 bits per heavy atom. The summed E-state index contributed by atoms with van der Waals surface area (Å²) in [5.41, 5.74) is 2.28. The molecule has 4 aromatic rings. The van der Waals surface area contributed by atoms with E-state index in [1.807, 2.05) is 47.9 Å². The number of aryl methyl sites for hydroxylation is 1. The first-order chi connectivity index (χ1) is 12.2. The first kappa shape index (κ1) is 15.2. The lowest BCUT2D eigenvalue weighted by atomic mass is 10.2. The standard InChI is InChI=1S/C20H16N2O3/c1-13-21-15(16-7-3-4-11-22(13)16)9-10-17(23)19-12-14-6-5-8-18(24-2)20(14)25-19/h3-12H,1-2H3/b10-9+. The van der Waals surface area contributed by atoms with Crippen LogP contribution in [0.2, 0.25) is 0 Å². The van der Waals surface area contributed by atoms with Crippen LogP contribution in [-0.2, 0) is 0 Å². The quantitative estimate of drug-likeness (QED) is 0.413. The van der Waals surface area contributed by atoms with Gasteiger partial charge in [0, 0.05) is 11.6 Å². The predicted molar refractivity (Wildman–Crippen MR) is 96.1 cm³/mol. The molecule has 25 heavy (non-hydrogen) atoms. The Morgan fingerprint density at radius 3 is 2.96 bits per heavy atom. The Kier molecular flexibility index (Phi) is 3.61. The maximum atomic E-state index is 12.5. The maximum absolute atomic E-state index is 12.5. The van der Waals surface area contributed by atoms with Gasteiger partial charge in [0.25, 0.3) is 0 Å². The van der Waals surface area contributed by atoms with Gasteiger partial charge in [0.05, 0.1) is 18.3 Å². The predicted octanol–water partition coefficient (Wildman–Crippen LogP) is 4.29. The lowest BCUT2D eigenvalue weighted by Crippen LogP contribution is -1.90. The molecule has 0 saturated carbocycles. The van der Waals surface area contributed by atoms with E-state index >= 15 is 0 Å². The minimum atomic E-state index is -0.215. The van der Waals surface area contributed by atoms with E-state index in [4.69, 9.17) is 9.15 Å². The van der Waals surface area contributed by atoms with Crippen molar-refractivity contribution in [2.45, 2.75) is 6.92 Å². The molecule has 0 N–H and O–H groups in total. The monoisotopic (exact) mass is 332 g/mol. The van der Waals surface area contributed by atoms with E-state index in [1.54, 1.807) is 25.3 Å². The number of imidazole rings is 1. The number of carbonyl (C=O) groups excluding carboxylic acids is 1. The molecule has 0 bridgehead atoms. The highest BCUT2D eigenvalue weighted by Crippen LogP contribution is 2.28. The van der Waals surface area contributed by atoms with Crippen LogP contribution in [0.4, 0.5) is 0 Å². The van der Waals surface area contributed by atoms with Crippen molar-refractivity contribution in [2.24, 2.45) is 0 Å². The van der Waals surface area contributed by atoms with Crippen LogP contribution in [0.3, 0.4) is 0 Å². The van der Waals surface area contributed by atoms with Crippen molar-refractivity contribution in [3.63, 3.8) is 0 Å². The van der Waals surface area contributed by atoms with Crippen LogP contribution < -0.4 is 4.74 Å². The number of allylic oxidation sites excluding steroid dienone is 1. The molecule has 124 valence electrons. The second-order valence-corrected chi connectivity index (χ2v) is 5.69. The number of carbonyl (C=O) groups is 1. The average molecular weight is 332 g/mol. The van der Waals surface area contributed by atoms with E-state index < -0.39 is 0 Å². The van der Waals surface area contributed by atoms with Crippen LogP contribution in [0.25, 0.3) is 22.6 Å². The Hall–Kier alpha value is -3.34. The molecule has 0 unspecified atom stereocenters. The number of furan rings is 1. The van der Waals surface area contributed by atoms with Crippen LogP contribution in [0, 0.1) is 6.92 Å². The van der Waals surface area contributed by atoms with Gasteiger partial charge in [-0.3, -0.25) is 4.79 Å². The number of hydrogen-bond acceptors (Lipinski definition) is 4. The van der Waals surface area contributed by atoms with Gasteiger partial charge in [-0.05, 0) is 43.3 Å². The van der Waals surface area contributed by atoms with E-state index in [0.29, 0.717) is 11.3 Å². The number of benzene rings is 1. The molecule has 4 rings (SSSR count). The molecule has 0 aliphatic heterocycles. The van der Waals surface area contributed by atoms with Gasteiger partial charge in [-0.2, -0.15) is 0 Å².